The van der Waals surface area contributed by atoms with E-state index in [1.54, 1.807) is 0 Å². The molecule has 2 nitrogen and oxygen atoms in total. The Balaban J connectivity index is 2.32. The van der Waals surface area contributed by atoms with E-state index in [1.807, 2.05) is 7.05 Å². The van der Waals surface area contributed by atoms with E-state index in [2.05, 4.69) is 4.90 Å². The van der Waals surface area contributed by atoms with Gasteiger partial charge < -0.3 is 4.90 Å². The average molecular weight is 151 g/mol. The van der Waals surface area contributed by atoms with Crippen LogP contribution >= 0.6 is 0 Å². The third kappa shape index (κ3) is 0.971. The lowest BCUT2D eigenvalue weighted by atomic mass is 9.96. The zero-order chi connectivity index (χ0) is 7.84. The predicted molar refractivity (Wildman–Crippen MR) is 43.1 cm³/mol. The van der Waals surface area contributed by atoms with Gasteiger partial charge in [-0.25, -0.2) is 0 Å². The molecular weight excluding hydrogens is 138 g/mol. The first-order valence-electron chi connectivity index (χ1n) is 4.25. The van der Waals surface area contributed by atoms with Gasteiger partial charge in [-0.2, -0.15) is 0 Å². The molecule has 1 heterocycles. The van der Waals surface area contributed by atoms with Crippen molar-refractivity contribution in [2.45, 2.75) is 25.7 Å². The first kappa shape index (κ1) is 6.89. The number of carbonyl (C=O) groups is 1. The summed E-state index contributed by atoms with van der Waals surface area (Å²) in [6.07, 6.45) is 4.62. The number of allylic oxidation sites excluding steroid dienone is 1. The quantitative estimate of drug-likeness (QED) is 0.520. The number of likely N-dealkylation sites (N-methyl/N-ethyl adjacent to an activating group) is 1. The highest BCUT2D eigenvalue weighted by atomic mass is 16.1. The summed E-state index contributed by atoms with van der Waals surface area (Å²) in [4.78, 5) is 13.4. The summed E-state index contributed by atoms with van der Waals surface area (Å²) in [6.45, 7) is 0.630. The highest BCUT2D eigenvalue weighted by Crippen LogP contribution is 2.31. The first-order chi connectivity index (χ1) is 5.29. The minimum atomic E-state index is 0.363. The molecule has 0 amide bonds. The summed E-state index contributed by atoms with van der Waals surface area (Å²) >= 11 is 0. The number of nitrogens with zero attached hydrogens (tertiary/aromatic N) is 1. The lowest BCUT2D eigenvalue weighted by Gasteiger charge is -2.18. The molecule has 0 spiro atoms. The van der Waals surface area contributed by atoms with Crippen molar-refractivity contribution < 1.29 is 4.79 Å². The van der Waals surface area contributed by atoms with Crippen LogP contribution in [-0.4, -0.2) is 24.3 Å². The van der Waals surface area contributed by atoms with Crippen LogP contribution in [0.25, 0.3) is 0 Å². The molecule has 0 bridgehead atoms. The van der Waals surface area contributed by atoms with E-state index in [-0.39, 0.29) is 0 Å². The van der Waals surface area contributed by atoms with Crippen molar-refractivity contribution in [3.8, 4) is 0 Å². The molecule has 0 radical (unpaired) electrons. The lowest BCUT2D eigenvalue weighted by molar-refractivity contribution is -0.115. The van der Waals surface area contributed by atoms with Crippen molar-refractivity contribution >= 4 is 5.78 Å². The summed E-state index contributed by atoms with van der Waals surface area (Å²) < 4.78 is 0. The fraction of sp³-hybridized carbons (Fsp3) is 0.667. The molecule has 0 aromatic carbocycles. The van der Waals surface area contributed by atoms with Gasteiger partial charge in [0.15, 0.2) is 5.78 Å². The molecule has 1 aliphatic carbocycles. The summed E-state index contributed by atoms with van der Waals surface area (Å²) in [5.41, 5.74) is 2.44. The van der Waals surface area contributed by atoms with Gasteiger partial charge in [-0.3, -0.25) is 4.79 Å². The van der Waals surface area contributed by atoms with E-state index in [9.17, 15) is 4.79 Å². The molecular formula is C9H13NO. The van der Waals surface area contributed by atoms with Gasteiger partial charge in [0, 0.05) is 18.3 Å². The van der Waals surface area contributed by atoms with E-state index in [0.717, 1.165) is 18.4 Å². The fourth-order valence-corrected chi connectivity index (χ4v) is 2.02. The van der Waals surface area contributed by atoms with Gasteiger partial charge in [-0.05, 0) is 25.7 Å². The van der Waals surface area contributed by atoms with Crippen LogP contribution in [0, 0.1) is 0 Å². The van der Waals surface area contributed by atoms with Gasteiger partial charge in [0.2, 0.25) is 0 Å². The van der Waals surface area contributed by atoms with Crippen LogP contribution in [0.4, 0.5) is 0 Å². The molecule has 0 saturated carbocycles. The maximum Gasteiger partial charge on any atom is 0.179 e. The molecule has 11 heavy (non-hydrogen) atoms. The Bertz CT molecular complexity index is 230. The molecule has 0 aromatic heterocycles. The summed E-state index contributed by atoms with van der Waals surface area (Å²) in [5, 5.41) is 0. The second-order valence-electron chi connectivity index (χ2n) is 3.41. The summed E-state index contributed by atoms with van der Waals surface area (Å²) in [6, 6.07) is 0. The Morgan fingerprint density at radius 1 is 1.27 bits per heavy atom. The fourth-order valence-electron chi connectivity index (χ4n) is 2.02. The van der Waals surface area contributed by atoms with Crippen LogP contribution in [0.3, 0.4) is 0 Å². The number of rotatable bonds is 0. The summed E-state index contributed by atoms with van der Waals surface area (Å²) in [5.74, 6) is 0.363. The monoisotopic (exact) mass is 151 g/mol. The molecule has 0 aromatic rings. The Hall–Kier alpha value is -0.790. The van der Waals surface area contributed by atoms with Crippen molar-refractivity contribution in [3.05, 3.63) is 11.3 Å². The zero-order valence-electron chi connectivity index (χ0n) is 6.89. The lowest BCUT2D eigenvalue weighted by Crippen LogP contribution is -2.15. The maximum absolute atomic E-state index is 11.3. The average Bonchev–Trinajstić information content (AvgIpc) is 2.30. The van der Waals surface area contributed by atoms with Gasteiger partial charge in [-0.15, -0.1) is 0 Å². The Labute approximate surface area is 66.9 Å². The van der Waals surface area contributed by atoms with E-state index in [1.165, 1.54) is 18.5 Å². The van der Waals surface area contributed by atoms with Crippen LogP contribution in [-0.2, 0) is 4.79 Å². The van der Waals surface area contributed by atoms with Crippen LogP contribution in [0.1, 0.15) is 25.7 Å². The van der Waals surface area contributed by atoms with Gasteiger partial charge in [-0.1, -0.05) is 0 Å². The molecule has 2 rings (SSSR count). The van der Waals surface area contributed by atoms with Crippen LogP contribution in [0.15, 0.2) is 11.3 Å². The number of Topliss-reactive ketones (excluding diaryl/α,β-unsaturated/α-hetero) is 1. The predicted octanol–water partition coefficient (Wildman–Crippen LogP) is 1.33. The van der Waals surface area contributed by atoms with Crippen molar-refractivity contribution in [1.82, 2.24) is 4.90 Å². The van der Waals surface area contributed by atoms with Gasteiger partial charge in [0.05, 0.1) is 6.54 Å². The molecule has 0 unspecified atom stereocenters. The highest BCUT2D eigenvalue weighted by Gasteiger charge is 2.28. The number of hydrogen-bond acceptors (Lipinski definition) is 2. The molecule has 0 fully saturated rings. The number of hydrogen-bond donors (Lipinski definition) is 0. The Morgan fingerprint density at radius 3 is 2.73 bits per heavy atom. The van der Waals surface area contributed by atoms with E-state index >= 15 is 0 Å². The van der Waals surface area contributed by atoms with Gasteiger partial charge in [0.25, 0.3) is 0 Å². The minimum Gasteiger partial charge on any atom is -0.370 e. The van der Waals surface area contributed by atoms with Gasteiger partial charge >= 0.3 is 0 Å². The first-order valence-corrected chi connectivity index (χ1v) is 4.25. The third-order valence-corrected chi connectivity index (χ3v) is 2.62. The number of ketones is 1. The van der Waals surface area contributed by atoms with Gasteiger partial charge in [0.1, 0.15) is 0 Å². The second kappa shape index (κ2) is 2.36. The molecule has 60 valence electrons. The molecule has 2 aliphatic rings. The van der Waals surface area contributed by atoms with Crippen molar-refractivity contribution in [2.24, 2.45) is 0 Å². The second-order valence-corrected chi connectivity index (χ2v) is 3.41. The van der Waals surface area contributed by atoms with Crippen LogP contribution in [0.5, 0.6) is 0 Å². The molecule has 1 aliphatic heterocycles. The summed E-state index contributed by atoms with van der Waals surface area (Å²) in [7, 11) is 2.02. The van der Waals surface area contributed by atoms with Crippen molar-refractivity contribution in [2.75, 3.05) is 13.6 Å². The zero-order valence-corrected chi connectivity index (χ0v) is 6.89. The maximum atomic E-state index is 11.3. The van der Waals surface area contributed by atoms with E-state index in [4.69, 9.17) is 0 Å². The van der Waals surface area contributed by atoms with Crippen molar-refractivity contribution in [1.29, 1.82) is 0 Å². The minimum absolute atomic E-state index is 0.363. The topological polar surface area (TPSA) is 20.3 Å². The van der Waals surface area contributed by atoms with E-state index < -0.39 is 0 Å². The standard InChI is InChI=1S/C9H13NO/c1-10-6-9(11)7-4-2-3-5-8(7)10/h2-6H2,1H3. The molecule has 0 N–H and O–H groups in total. The van der Waals surface area contributed by atoms with Crippen LogP contribution < -0.4 is 0 Å². The SMILES string of the molecule is CN1CC(=O)C2=C1CCCC2. The third-order valence-electron chi connectivity index (χ3n) is 2.62. The van der Waals surface area contributed by atoms with E-state index in [0.29, 0.717) is 12.3 Å². The smallest absolute Gasteiger partial charge is 0.179 e. The highest BCUT2D eigenvalue weighted by molar-refractivity contribution is 6.00. The number of carbonyl (C=O) groups excluding carboxylic acids is 1. The molecule has 2 heteroatoms. The van der Waals surface area contributed by atoms with Crippen molar-refractivity contribution in [3.63, 3.8) is 0 Å². The Kier molecular flexibility index (Phi) is 1.48. The molecule has 0 saturated heterocycles. The normalized spacial score (nSPS) is 24.5. The largest absolute Gasteiger partial charge is 0.370 e. The Morgan fingerprint density at radius 2 is 2.00 bits per heavy atom. The van der Waals surface area contributed by atoms with Crippen LogP contribution in [0.2, 0.25) is 0 Å². The molecule has 0 atom stereocenters.